The van der Waals surface area contributed by atoms with Crippen LogP contribution in [0.25, 0.3) is 11.0 Å². The molecule has 0 spiro atoms. The molecule has 3 nitrogen and oxygen atoms in total. The van der Waals surface area contributed by atoms with Crippen molar-refractivity contribution < 1.29 is 0 Å². The minimum absolute atomic E-state index is 0.304. The zero-order chi connectivity index (χ0) is 13.5. The average Bonchev–Trinajstić information content (AvgIpc) is 2.68. The maximum absolute atomic E-state index is 6.36. The Morgan fingerprint density at radius 2 is 2.11 bits per heavy atom. The van der Waals surface area contributed by atoms with Crippen molar-refractivity contribution >= 4 is 22.6 Å². The molecule has 1 atom stereocenters. The predicted octanol–water partition coefficient (Wildman–Crippen LogP) is 3.85. The molecule has 0 aliphatic carbocycles. The Hall–Kier alpha value is -1.06. The number of fused-ring (bicyclic) bond motifs is 1. The lowest BCUT2D eigenvalue weighted by Gasteiger charge is -2.25. The summed E-state index contributed by atoms with van der Waals surface area (Å²) < 4.78 is 2.19. The number of benzene rings is 1. The van der Waals surface area contributed by atoms with E-state index in [-0.39, 0.29) is 0 Å². The van der Waals surface area contributed by atoms with Gasteiger partial charge in [-0.2, -0.15) is 0 Å². The number of rotatable bonds is 3. The van der Waals surface area contributed by atoms with Gasteiger partial charge < -0.3 is 10.3 Å². The van der Waals surface area contributed by atoms with Crippen molar-refractivity contribution in [3.63, 3.8) is 0 Å². The SMILES string of the molecule is CCC(C)(N)c1nc2ccc(Cl)cc2n1C(C)C. The first-order chi connectivity index (χ1) is 8.36. The fourth-order valence-electron chi connectivity index (χ4n) is 2.15. The zero-order valence-electron chi connectivity index (χ0n) is 11.4. The summed E-state index contributed by atoms with van der Waals surface area (Å²) in [5.74, 6) is 0.928. The highest BCUT2D eigenvalue weighted by molar-refractivity contribution is 6.31. The van der Waals surface area contributed by atoms with E-state index in [9.17, 15) is 0 Å². The molecule has 98 valence electrons. The van der Waals surface area contributed by atoms with E-state index in [0.717, 1.165) is 28.3 Å². The summed E-state index contributed by atoms with van der Waals surface area (Å²) in [6.45, 7) is 8.38. The van der Waals surface area contributed by atoms with Crippen molar-refractivity contribution in [1.29, 1.82) is 0 Å². The van der Waals surface area contributed by atoms with Crippen LogP contribution in [0.1, 0.15) is 46.0 Å². The molecule has 0 fully saturated rings. The van der Waals surface area contributed by atoms with Gasteiger partial charge in [-0.25, -0.2) is 4.98 Å². The molecule has 1 unspecified atom stereocenters. The molecule has 0 aliphatic heterocycles. The Kier molecular flexibility index (Phi) is 3.39. The van der Waals surface area contributed by atoms with Crippen LogP contribution in [-0.4, -0.2) is 9.55 Å². The maximum Gasteiger partial charge on any atom is 0.129 e. The number of hydrogen-bond donors (Lipinski definition) is 1. The summed E-state index contributed by atoms with van der Waals surface area (Å²) in [7, 11) is 0. The Labute approximate surface area is 113 Å². The number of hydrogen-bond acceptors (Lipinski definition) is 2. The van der Waals surface area contributed by atoms with Gasteiger partial charge >= 0.3 is 0 Å². The van der Waals surface area contributed by atoms with Crippen molar-refractivity contribution in [1.82, 2.24) is 9.55 Å². The van der Waals surface area contributed by atoms with Gasteiger partial charge in [0.15, 0.2) is 0 Å². The topological polar surface area (TPSA) is 43.8 Å². The van der Waals surface area contributed by atoms with Crippen molar-refractivity contribution in [2.75, 3.05) is 0 Å². The smallest absolute Gasteiger partial charge is 0.129 e. The molecule has 1 aromatic carbocycles. The van der Waals surface area contributed by atoms with Crippen molar-refractivity contribution in [3.05, 3.63) is 29.0 Å². The second kappa shape index (κ2) is 4.56. The second-order valence-electron chi connectivity index (χ2n) is 5.30. The minimum atomic E-state index is -0.421. The summed E-state index contributed by atoms with van der Waals surface area (Å²) in [6.07, 6.45) is 0.844. The fourth-order valence-corrected chi connectivity index (χ4v) is 2.32. The van der Waals surface area contributed by atoms with E-state index < -0.39 is 5.54 Å². The number of aromatic nitrogens is 2. The van der Waals surface area contributed by atoms with Crippen LogP contribution in [0, 0.1) is 0 Å². The molecule has 18 heavy (non-hydrogen) atoms. The molecule has 1 heterocycles. The molecule has 4 heteroatoms. The van der Waals surface area contributed by atoms with E-state index in [1.54, 1.807) is 0 Å². The van der Waals surface area contributed by atoms with Crippen molar-refractivity contribution in [2.24, 2.45) is 5.73 Å². The van der Waals surface area contributed by atoms with E-state index in [1.165, 1.54) is 0 Å². The van der Waals surface area contributed by atoms with E-state index in [1.807, 2.05) is 25.1 Å². The van der Waals surface area contributed by atoms with Gasteiger partial charge in [-0.3, -0.25) is 0 Å². The molecular formula is C14H20ClN3. The molecule has 1 aromatic heterocycles. The Balaban J connectivity index is 2.78. The third-order valence-corrected chi connectivity index (χ3v) is 3.65. The summed E-state index contributed by atoms with van der Waals surface area (Å²) in [6, 6.07) is 6.08. The monoisotopic (exact) mass is 265 g/mol. The van der Waals surface area contributed by atoms with Gasteiger partial charge in [0.1, 0.15) is 5.82 Å². The van der Waals surface area contributed by atoms with Gasteiger partial charge in [0.2, 0.25) is 0 Å². The van der Waals surface area contributed by atoms with Crippen LogP contribution in [0.4, 0.5) is 0 Å². The van der Waals surface area contributed by atoms with E-state index in [2.05, 4.69) is 25.3 Å². The Morgan fingerprint density at radius 1 is 1.44 bits per heavy atom. The summed E-state index contributed by atoms with van der Waals surface area (Å²) in [4.78, 5) is 4.70. The largest absolute Gasteiger partial charge is 0.324 e. The van der Waals surface area contributed by atoms with Gasteiger partial charge in [-0.05, 0) is 45.4 Å². The van der Waals surface area contributed by atoms with E-state index in [4.69, 9.17) is 22.3 Å². The standard InChI is InChI=1S/C14H20ClN3/c1-5-14(4,16)13-17-11-7-6-10(15)8-12(11)18(13)9(2)3/h6-9H,5,16H2,1-4H3. The van der Waals surface area contributed by atoms with E-state index in [0.29, 0.717) is 6.04 Å². The molecular weight excluding hydrogens is 246 g/mol. The molecule has 2 N–H and O–H groups in total. The summed E-state index contributed by atoms with van der Waals surface area (Å²) in [5.41, 5.74) is 7.95. The van der Waals surface area contributed by atoms with Crippen LogP contribution in [0.2, 0.25) is 5.02 Å². The van der Waals surface area contributed by atoms with Crippen LogP contribution in [-0.2, 0) is 5.54 Å². The molecule has 0 amide bonds. The maximum atomic E-state index is 6.36. The van der Waals surface area contributed by atoms with Crippen molar-refractivity contribution in [2.45, 2.75) is 45.7 Å². The third kappa shape index (κ3) is 2.13. The lowest BCUT2D eigenvalue weighted by atomic mass is 9.99. The third-order valence-electron chi connectivity index (χ3n) is 3.41. The van der Waals surface area contributed by atoms with Crippen LogP contribution in [0.5, 0.6) is 0 Å². The van der Waals surface area contributed by atoms with Crippen LogP contribution in [0.3, 0.4) is 0 Å². The predicted molar refractivity (Wildman–Crippen MR) is 77.0 cm³/mol. The first-order valence-electron chi connectivity index (χ1n) is 6.33. The number of nitrogens with zero attached hydrogens (tertiary/aromatic N) is 2. The molecule has 2 rings (SSSR count). The van der Waals surface area contributed by atoms with Gasteiger partial charge in [-0.15, -0.1) is 0 Å². The molecule has 0 saturated carbocycles. The van der Waals surface area contributed by atoms with Crippen LogP contribution >= 0.6 is 11.6 Å². The van der Waals surface area contributed by atoms with Gasteiger partial charge in [0.05, 0.1) is 16.6 Å². The second-order valence-corrected chi connectivity index (χ2v) is 5.74. The first kappa shape index (κ1) is 13.4. The molecule has 0 bridgehead atoms. The zero-order valence-corrected chi connectivity index (χ0v) is 12.1. The number of nitrogens with two attached hydrogens (primary N) is 1. The fraction of sp³-hybridized carbons (Fsp3) is 0.500. The first-order valence-corrected chi connectivity index (χ1v) is 6.71. The average molecular weight is 266 g/mol. The van der Waals surface area contributed by atoms with Crippen molar-refractivity contribution in [3.8, 4) is 0 Å². The molecule has 0 aliphatic rings. The lowest BCUT2D eigenvalue weighted by molar-refractivity contribution is 0.409. The van der Waals surface area contributed by atoms with Crippen LogP contribution < -0.4 is 5.73 Å². The van der Waals surface area contributed by atoms with Crippen LogP contribution in [0.15, 0.2) is 18.2 Å². The Bertz CT molecular complexity index is 570. The summed E-state index contributed by atoms with van der Waals surface area (Å²) >= 11 is 6.08. The van der Waals surface area contributed by atoms with Gasteiger partial charge in [0.25, 0.3) is 0 Å². The van der Waals surface area contributed by atoms with Gasteiger partial charge in [-0.1, -0.05) is 18.5 Å². The lowest BCUT2D eigenvalue weighted by Crippen LogP contribution is -2.35. The molecule has 0 radical (unpaired) electrons. The normalized spacial score (nSPS) is 15.3. The Morgan fingerprint density at radius 3 is 2.67 bits per heavy atom. The number of halogens is 1. The highest BCUT2D eigenvalue weighted by atomic mass is 35.5. The number of imidazole rings is 1. The molecule has 2 aromatic rings. The molecule has 0 saturated heterocycles. The van der Waals surface area contributed by atoms with E-state index >= 15 is 0 Å². The minimum Gasteiger partial charge on any atom is -0.324 e. The quantitative estimate of drug-likeness (QED) is 0.916. The van der Waals surface area contributed by atoms with Gasteiger partial charge in [0, 0.05) is 11.1 Å². The highest BCUT2D eigenvalue weighted by Gasteiger charge is 2.27. The summed E-state index contributed by atoms with van der Waals surface area (Å²) in [5, 5.41) is 0.728. The highest BCUT2D eigenvalue weighted by Crippen LogP contribution is 2.30.